The summed E-state index contributed by atoms with van der Waals surface area (Å²) in [6.45, 7) is 2.34. The van der Waals surface area contributed by atoms with Gasteiger partial charge in [-0.2, -0.15) is 0 Å². The summed E-state index contributed by atoms with van der Waals surface area (Å²) in [5, 5.41) is 0. The Kier molecular flexibility index (Phi) is 4.41. The lowest BCUT2D eigenvalue weighted by Gasteiger charge is -2.15. The smallest absolute Gasteiger partial charge is 0.250 e. The molecule has 0 aromatic carbocycles. The van der Waals surface area contributed by atoms with Crippen molar-refractivity contribution in [1.29, 1.82) is 0 Å². The third-order valence-electron chi connectivity index (χ3n) is 2.95. The summed E-state index contributed by atoms with van der Waals surface area (Å²) in [6, 6.07) is 6.97. The summed E-state index contributed by atoms with van der Waals surface area (Å²) in [5.74, 6) is 0.948. The molecule has 0 bridgehead atoms. The summed E-state index contributed by atoms with van der Waals surface area (Å²) in [5.41, 5.74) is 6.27. The Morgan fingerprint density at radius 1 is 1.37 bits per heavy atom. The van der Waals surface area contributed by atoms with Gasteiger partial charge in [0.15, 0.2) is 0 Å². The molecule has 0 saturated carbocycles. The molecule has 5 nitrogen and oxygen atoms in total. The van der Waals surface area contributed by atoms with Crippen LogP contribution in [0, 0.1) is 0 Å². The molecule has 0 fully saturated rings. The first-order valence-corrected chi connectivity index (χ1v) is 6.32. The van der Waals surface area contributed by atoms with E-state index in [1.54, 1.807) is 23.1 Å². The van der Waals surface area contributed by atoms with E-state index in [1.807, 2.05) is 19.2 Å². The molecule has 0 radical (unpaired) electrons. The quantitative estimate of drug-likeness (QED) is 0.856. The van der Waals surface area contributed by atoms with Crippen LogP contribution in [0.15, 0.2) is 45.9 Å². The summed E-state index contributed by atoms with van der Waals surface area (Å²) in [4.78, 5) is 13.7. The highest BCUT2D eigenvalue weighted by molar-refractivity contribution is 5.33. The van der Waals surface area contributed by atoms with E-state index in [-0.39, 0.29) is 5.56 Å². The molecular formula is C14H19N3O2. The summed E-state index contributed by atoms with van der Waals surface area (Å²) < 4.78 is 6.94. The predicted molar refractivity (Wildman–Crippen MR) is 74.8 cm³/mol. The first kappa shape index (κ1) is 13.4. The van der Waals surface area contributed by atoms with Crippen molar-refractivity contribution in [3.05, 3.63) is 52.8 Å². The van der Waals surface area contributed by atoms with Gasteiger partial charge in [0.25, 0.3) is 5.56 Å². The maximum absolute atomic E-state index is 11.6. The minimum atomic E-state index is -0.0112. The van der Waals surface area contributed by atoms with Crippen LogP contribution in [0.2, 0.25) is 0 Å². The molecule has 2 heterocycles. The van der Waals surface area contributed by atoms with Gasteiger partial charge in [-0.3, -0.25) is 9.69 Å². The molecule has 0 aliphatic rings. The molecule has 5 heteroatoms. The lowest BCUT2D eigenvalue weighted by atomic mass is 10.3. The normalized spacial score (nSPS) is 11.1. The number of hydrogen-bond donors (Lipinski definition) is 1. The third kappa shape index (κ3) is 3.99. The number of hydrogen-bond acceptors (Lipinski definition) is 4. The zero-order valence-electron chi connectivity index (χ0n) is 11.1. The first-order valence-electron chi connectivity index (χ1n) is 6.32. The Hall–Kier alpha value is -2.01. The number of pyridine rings is 1. The molecule has 0 aliphatic heterocycles. The molecule has 2 aromatic rings. The SMILES string of the molecule is CN(CCCn1cc(N)ccc1=O)Cc1ccco1. The standard InChI is InChI=1S/C14H19N3O2/c1-16(11-13-4-2-9-19-13)7-3-8-17-10-12(15)5-6-14(17)18/h2,4-6,9-10H,3,7-8,11,15H2,1H3. The lowest BCUT2D eigenvalue weighted by Crippen LogP contribution is -2.23. The van der Waals surface area contributed by atoms with E-state index >= 15 is 0 Å². The summed E-state index contributed by atoms with van der Waals surface area (Å²) in [6.07, 6.45) is 4.25. The van der Waals surface area contributed by atoms with E-state index in [2.05, 4.69) is 4.90 Å². The van der Waals surface area contributed by atoms with Crippen molar-refractivity contribution in [2.45, 2.75) is 19.5 Å². The van der Waals surface area contributed by atoms with Crippen LogP contribution in [-0.2, 0) is 13.1 Å². The highest BCUT2D eigenvalue weighted by Gasteiger charge is 2.03. The first-order chi connectivity index (χ1) is 9.15. The Bertz CT molecular complexity index is 560. The molecule has 2 aromatic heterocycles. The molecule has 2 N–H and O–H groups in total. The number of nitrogen functional groups attached to an aromatic ring is 1. The average Bonchev–Trinajstić information content (AvgIpc) is 2.86. The van der Waals surface area contributed by atoms with Crippen molar-refractivity contribution in [3.8, 4) is 0 Å². The van der Waals surface area contributed by atoms with Gasteiger partial charge in [-0.15, -0.1) is 0 Å². The van der Waals surface area contributed by atoms with Crippen molar-refractivity contribution >= 4 is 5.69 Å². The average molecular weight is 261 g/mol. The van der Waals surface area contributed by atoms with E-state index in [1.165, 1.54) is 6.07 Å². The number of rotatable bonds is 6. The van der Waals surface area contributed by atoms with Crippen LogP contribution in [0.5, 0.6) is 0 Å². The van der Waals surface area contributed by atoms with Gasteiger partial charge in [-0.1, -0.05) is 0 Å². The maximum Gasteiger partial charge on any atom is 0.250 e. The third-order valence-corrected chi connectivity index (χ3v) is 2.95. The second kappa shape index (κ2) is 6.24. The van der Waals surface area contributed by atoms with Gasteiger partial charge in [0.05, 0.1) is 12.8 Å². The lowest BCUT2D eigenvalue weighted by molar-refractivity contribution is 0.285. The number of furan rings is 1. The molecular weight excluding hydrogens is 242 g/mol. The number of aryl methyl sites for hydroxylation is 1. The Labute approximate surface area is 112 Å². The van der Waals surface area contributed by atoms with E-state index in [4.69, 9.17) is 10.2 Å². The molecule has 19 heavy (non-hydrogen) atoms. The number of aromatic nitrogens is 1. The van der Waals surface area contributed by atoms with Crippen LogP contribution in [-0.4, -0.2) is 23.1 Å². The molecule has 0 aliphatic carbocycles. The second-order valence-electron chi connectivity index (χ2n) is 4.66. The van der Waals surface area contributed by atoms with E-state index in [9.17, 15) is 4.79 Å². The molecule has 0 unspecified atom stereocenters. The fraction of sp³-hybridized carbons (Fsp3) is 0.357. The topological polar surface area (TPSA) is 64.4 Å². The molecule has 0 atom stereocenters. The van der Waals surface area contributed by atoms with E-state index < -0.39 is 0 Å². The van der Waals surface area contributed by atoms with Crippen molar-refractivity contribution in [3.63, 3.8) is 0 Å². The zero-order valence-corrected chi connectivity index (χ0v) is 11.1. The fourth-order valence-electron chi connectivity index (χ4n) is 1.98. The predicted octanol–water partition coefficient (Wildman–Crippen LogP) is 1.55. The van der Waals surface area contributed by atoms with Crippen molar-refractivity contribution in [2.75, 3.05) is 19.3 Å². The Morgan fingerprint density at radius 2 is 2.21 bits per heavy atom. The van der Waals surface area contributed by atoms with Gasteiger partial charge in [-0.05, 0) is 31.7 Å². The van der Waals surface area contributed by atoms with Gasteiger partial charge in [0.2, 0.25) is 0 Å². The van der Waals surface area contributed by atoms with Crippen LogP contribution in [0.1, 0.15) is 12.2 Å². The van der Waals surface area contributed by atoms with Crippen molar-refractivity contribution in [2.24, 2.45) is 0 Å². The fourth-order valence-corrected chi connectivity index (χ4v) is 1.98. The van der Waals surface area contributed by atoms with Crippen LogP contribution in [0.3, 0.4) is 0 Å². The van der Waals surface area contributed by atoms with Gasteiger partial charge >= 0.3 is 0 Å². The minimum absolute atomic E-state index is 0.0112. The van der Waals surface area contributed by atoms with Gasteiger partial charge in [0, 0.05) is 31.0 Å². The van der Waals surface area contributed by atoms with Gasteiger partial charge in [-0.25, -0.2) is 0 Å². The van der Waals surface area contributed by atoms with Crippen molar-refractivity contribution in [1.82, 2.24) is 9.47 Å². The van der Waals surface area contributed by atoms with Crippen LogP contribution in [0.25, 0.3) is 0 Å². The van der Waals surface area contributed by atoms with E-state index in [0.29, 0.717) is 12.2 Å². The van der Waals surface area contributed by atoms with Crippen LogP contribution in [0.4, 0.5) is 5.69 Å². The largest absolute Gasteiger partial charge is 0.468 e. The summed E-state index contributed by atoms with van der Waals surface area (Å²) in [7, 11) is 2.03. The Morgan fingerprint density at radius 3 is 2.95 bits per heavy atom. The maximum atomic E-state index is 11.6. The molecule has 0 amide bonds. The van der Waals surface area contributed by atoms with Crippen LogP contribution < -0.4 is 11.3 Å². The highest BCUT2D eigenvalue weighted by atomic mass is 16.3. The number of nitrogens with zero attached hydrogens (tertiary/aromatic N) is 2. The van der Waals surface area contributed by atoms with Crippen LogP contribution >= 0.6 is 0 Å². The highest BCUT2D eigenvalue weighted by Crippen LogP contribution is 2.04. The minimum Gasteiger partial charge on any atom is -0.468 e. The monoisotopic (exact) mass is 261 g/mol. The van der Waals surface area contributed by atoms with Gasteiger partial charge < -0.3 is 14.7 Å². The second-order valence-corrected chi connectivity index (χ2v) is 4.66. The van der Waals surface area contributed by atoms with E-state index in [0.717, 1.165) is 25.3 Å². The molecule has 2 rings (SSSR count). The molecule has 102 valence electrons. The number of anilines is 1. The molecule has 0 saturated heterocycles. The molecule has 0 spiro atoms. The zero-order chi connectivity index (χ0) is 13.7. The number of nitrogens with two attached hydrogens (primary N) is 1. The van der Waals surface area contributed by atoms with Gasteiger partial charge in [0.1, 0.15) is 5.76 Å². The Balaban J connectivity index is 1.80. The summed E-state index contributed by atoms with van der Waals surface area (Å²) >= 11 is 0. The van der Waals surface area contributed by atoms with Crippen molar-refractivity contribution < 1.29 is 4.42 Å².